The predicted molar refractivity (Wildman–Crippen MR) is 176 cm³/mol. The average Bonchev–Trinajstić information content (AvgIpc) is 3.29. The van der Waals surface area contributed by atoms with Gasteiger partial charge in [-0.05, 0) is 99.5 Å². The Morgan fingerprint density at radius 1 is 0.933 bits per heavy atom. The lowest BCUT2D eigenvalue weighted by atomic mass is 10.0. The minimum absolute atomic E-state index is 0.0200. The van der Waals surface area contributed by atoms with Crippen molar-refractivity contribution in [1.29, 1.82) is 0 Å². The van der Waals surface area contributed by atoms with E-state index in [-0.39, 0.29) is 15.4 Å². The van der Waals surface area contributed by atoms with E-state index in [0.29, 0.717) is 49.7 Å². The molecule has 1 aliphatic heterocycles. The molecule has 0 spiro atoms. The van der Waals surface area contributed by atoms with Crippen LogP contribution in [0.3, 0.4) is 0 Å². The molecule has 1 saturated heterocycles. The molecule has 1 fully saturated rings. The van der Waals surface area contributed by atoms with Crippen molar-refractivity contribution in [2.45, 2.75) is 63.3 Å². The summed E-state index contributed by atoms with van der Waals surface area (Å²) in [6, 6.07) is 16.1. The van der Waals surface area contributed by atoms with Gasteiger partial charge in [0.1, 0.15) is 5.75 Å². The third-order valence-electron chi connectivity index (χ3n) is 8.40. The van der Waals surface area contributed by atoms with Gasteiger partial charge in [-0.15, -0.1) is 0 Å². The van der Waals surface area contributed by atoms with E-state index in [4.69, 9.17) is 16.3 Å². The standard InChI is InChI=1S/C33H38ClN3O6S2/c1-22-14-17-36(18-15-22)45(41,42)28-12-10-27(11-13-28)44(39,40)35-33(38)31-25(4)37(30-9-6-5-8-29(30)31)16-7-19-43-26-20-23(2)32(34)24(3)21-26/h5-6,8-13,20-22H,7,14-19H2,1-4H3,(H,35,38). The van der Waals surface area contributed by atoms with Crippen molar-refractivity contribution in [3.63, 3.8) is 0 Å². The largest absolute Gasteiger partial charge is 0.494 e. The fourth-order valence-electron chi connectivity index (χ4n) is 5.80. The number of nitrogens with zero attached hydrogens (tertiary/aromatic N) is 2. The molecule has 12 heteroatoms. The molecule has 0 saturated carbocycles. The van der Waals surface area contributed by atoms with Gasteiger partial charge in [-0.3, -0.25) is 4.79 Å². The number of sulfonamides is 2. The Morgan fingerprint density at radius 3 is 2.18 bits per heavy atom. The smallest absolute Gasteiger partial charge is 0.267 e. The van der Waals surface area contributed by atoms with E-state index in [2.05, 4.69) is 11.6 Å². The first-order valence-electron chi connectivity index (χ1n) is 14.9. The number of piperidine rings is 1. The van der Waals surface area contributed by atoms with Gasteiger partial charge in [-0.2, -0.15) is 4.31 Å². The summed E-state index contributed by atoms with van der Waals surface area (Å²) in [7, 11) is -8.02. The SMILES string of the molecule is Cc1cc(OCCCn2c(C)c(C(=O)NS(=O)(=O)c3ccc(S(=O)(=O)N4CCC(C)CC4)cc3)c3ccccc32)cc(C)c1Cl. The lowest BCUT2D eigenvalue weighted by Crippen LogP contribution is -2.37. The summed E-state index contributed by atoms with van der Waals surface area (Å²) in [5.41, 5.74) is 3.57. The number of halogens is 1. The van der Waals surface area contributed by atoms with Crippen molar-refractivity contribution in [2.75, 3.05) is 19.7 Å². The molecule has 9 nitrogen and oxygen atoms in total. The zero-order valence-corrected chi connectivity index (χ0v) is 28.2. The van der Waals surface area contributed by atoms with E-state index in [1.165, 1.54) is 28.6 Å². The number of benzene rings is 3. The van der Waals surface area contributed by atoms with Crippen LogP contribution in [0.15, 0.2) is 70.5 Å². The van der Waals surface area contributed by atoms with Crippen LogP contribution in [-0.4, -0.2) is 51.3 Å². The van der Waals surface area contributed by atoms with Gasteiger partial charge in [-0.1, -0.05) is 36.7 Å². The molecule has 0 aliphatic carbocycles. The fourth-order valence-corrected chi connectivity index (χ4v) is 8.34. The van der Waals surface area contributed by atoms with Gasteiger partial charge >= 0.3 is 0 Å². The molecule has 1 aliphatic rings. The lowest BCUT2D eigenvalue weighted by molar-refractivity contribution is 0.0982. The van der Waals surface area contributed by atoms with Crippen LogP contribution in [0.25, 0.3) is 10.9 Å². The van der Waals surface area contributed by atoms with Crippen LogP contribution in [0.5, 0.6) is 5.75 Å². The van der Waals surface area contributed by atoms with Gasteiger partial charge < -0.3 is 9.30 Å². The second-order valence-electron chi connectivity index (χ2n) is 11.7. The molecule has 4 aromatic rings. The Bertz CT molecular complexity index is 1920. The number of fused-ring (bicyclic) bond motifs is 1. The monoisotopic (exact) mass is 671 g/mol. The molecule has 0 atom stereocenters. The van der Waals surface area contributed by atoms with E-state index >= 15 is 0 Å². The molecule has 2 heterocycles. The second-order valence-corrected chi connectivity index (χ2v) is 15.7. The summed E-state index contributed by atoms with van der Waals surface area (Å²) in [5, 5.41) is 1.35. The molecule has 1 N–H and O–H groups in total. The highest BCUT2D eigenvalue weighted by atomic mass is 35.5. The van der Waals surface area contributed by atoms with Gasteiger partial charge in [0.15, 0.2) is 0 Å². The first-order valence-corrected chi connectivity index (χ1v) is 18.2. The van der Waals surface area contributed by atoms with E-state index < -0.39 is 26.0 Å². The zero-order chi connectivity index (χ0) is 32.5. The topological polar surface area (TPSA) is 115 Å². The van der Waals surface area contributed by atoms with Crippen LogP contribution in [0.2, 0.25) is 5.02 Å². The van der Waals surface area contributed by atoms with Crippen molar-refractivity contribution in [1.82, 2.24) is 13.6 Å². The quantitative estimate of drug-likeness (QED) is 0.200. The molecule has 1 amide bonds. The van der Waals surface area contributed by atoms with Gasteiger partial charge in [0.2, 0.25) is 10.0 Å². The number of hydrogen-bond donors (Lipinski definition) is 1. The first kappa shape index (κ1) is 33.0. The normalized spacial score (nSPS) is 15.0. The van der Waals surface area contributed by atoms with Gasteiger partial charge in [0.25, 0.3) is 15.9 Å². The number of carbonyl (C=O) groups is 1. The number of nitrogens with one attached hydrogen (secondary N) is 1. The first-order chi connectivity index (χ1) is 21.3. The number of amides is 1. The number of para-hydroxylation sites is 1. The maximum Gasteiger partial charge on any atom is 0.267 e. The predicted octanol–water partition coefficient (Wildman–Crippen LogP) is 6.23. The molecular formula is C33H38ClN3O6S2. The summed E-state index contributed by atoms with van der Waals surface area (Å²) in [6.07, 6.45) is 2.21. The Hall–Kier alpha value is -3.38. The zero-order valence-electron chi connectivity index (χ0n) is 25.8. The lowest BCUT2D eigenvalue weighted by Gasteiger charge is -2.29. The maximum absolute atomic E-state index is 13.5. The number of rotatable bonds is 10. The minimum Gasteiger partial charge on any atom is -0.494 e. The van der Waals surface area contributed by atoms with Crippen LogP contribution in [-0.2, 0) is 26.6 Å². The molecule has 3 aromatic carbocycles. The van der Waals surface area contributed by atoms with Crippen LogP contribution >= 0.6 is 11.6 Å². The summed E-state index contributed by atoms with van der Waals surface area (Å²) in [4.78, 5) is 13.3. The minimum atomic E-state index is -4.29. The Labute approximate surface area is 270 Å². The highest BCUT2D eigenvalue weighted by Gasteiger charge is 2.29. The van der Waals surface area contributed by atoms with Crippen molar-refractivity contribution >= 4 is 48.5 Å². The average molecular weight is 672 g/mol. The Balaban J connectivity index is 1.30. The van der Waals surface area contributed by atoms with Crippen LogP contribution < -0.4 is 9.46 Å². The highest BCUT2D eigenvalue weighted by molar-refractivity contribution is 7.90. The molecule has 0 unspecified atom stereocenters. The maximum atomic E-state index is 13.5. The van der Waals surface area contributed by atoms with Crippen LogP contribution in [0.1, 0.15) is 53.4 Å². The van der Waals surface area contributed by atoms with Crippen molar-refractivity contribution in [3.8, 4) is 5.75 Å². The molecule has 0 bridgehead atoms. The molecule has 1 aromatic heterocycles. The molecular weight excluding hydrogens is 634 g/mol. The molecule has 45 heavy (non-hydrogen) atoms. The number of hydrogen-bond acceptors (Lipinski definition) is 6. The van der Waals surface area contributed by atoms with E-state index in [1.807, 2.05) is 42.7 Å². The number of aromatic nitrogens is 1. The summed E-state index contributed by atoms with van der Waals surface area (Å²) < 4.78 is 64.2. The Kier molecular flexibility index (Phi) is 9.65. The van der Waals surface area contributed by atoms with Crippen molar-refractivity contribution < 1.29 is 26.4 Å². The molecule has 240 valence electrons. The molecule has 0 radical (unpaired) electrons. The third kappa shape index (κ3) is 6.91. The van der Waals surface area contributed by atoms with Crippen molar-refractivity contribution in [2.24, 2.45) is 5.92 Å². The number of carbonyl (C=O) groups excluding carboxylic acids is 1. The van der Waals surface area contributed by atoms with E-state index in [9.17, 15) is 21.6 Å². The summed E-state index contributed by atoms with van der Waals surface area (Å²) in [6.45, 7) is 9.59. The highest BCUT2D eigenvalue weighted by Crippen LogP contribution is 2.29. The van der Waals surface area contributed by atoms with Gasteiger partial charge in [0, 0.05) is 41.3 Å². The van der Waals surface area contributed by atoms with Crippen LogP contribution in [0, 0.1) is 26.7 Å². The van der Waals surface area contributed by atoms with E-state index in [0.717, 1.165) is 40.3 Å². The molecule has 5 rings (SSSR count). The van der Waals surface area contributed by atoms with Crippen molar-refractivity contribution in [3.05, 3.63) is 88.1 Å². The van der Waals surface area contributed by atoms with Crippen LogP contribution in [0.4, 0.5) is 0 Å². The van der Waals surface area contributed by atoms with Gasteiger partial charge in [-0.25, -0.2) is 21.6 Å². The fraction of sp³-hybridized carbons (Fsp3) is 0.364. The summed E-state index contributed by atoms with van der Waals surface area (Å²) >= 11 is 6.27. The Morgan fingerprint density at radius 2 is 1.53 bits per heavy atom. The number of aryl methyl sites for hydroxylation is 3. The van der Waals surface area contributed by atoms with Gasteiger partial charge in [0.05, 0.1) is 22.0 Å². The van der Waals surface area contributed by atoms with E-state index in [1.54, 1.807) is 19.1 Å². The third-order valence-corrected chi connectivity index (χ3v) is 12.3. The number of ether oxygens (including phenoxy) is 1. The summed E-state index contributed by atoms with van der Waals surface area (Å²) in [5.74, 6) is 0.443. The second kappa shape index (κ2) is 13.2.